The van der Waals surface area contributed by atoms with E-state index in [1.165, 1.54) is 83.5 Å². The highest BCUT2D eigenvalue weighted by Crippen LogP contribution is 2.61. The quantitative estimate of drug-likeness (QED) is 0.0673. The molecule has 0 amide bonds. The van der Waals surface area contributed by atoms with E-state index in [1.54, 1.807) is 0 Å². The lowest BCUT2D eigenvalue weighted by Gasteiger charge is -2.29. The molecule has 22 aromatic carbocycles. The fourth-order valence-electron chi connectivity index (χ4n) is 20.1. The minimum absolute atomic E-state index is 1.09. The van der Waals surface area contributed by atoms with Crippen molar-refractivity contribution < 1.29 is 0 Å². The third-order valence-electron chi connectivity index (χ3n) is 25.9. The third kappa shape index (κ3) is 15.6. The molecule has 0 fully saturated rings. The molecule has 22 rings (SSSR count). The van der Waals surface area contributed by atoms with Gasteiger partial charge in [-0.25, -0.2) is 0 Å². The molecule has 0 N–H and O–H groups in total. The average molecular weight is 1680 g/mol. The second-order valence-electron chi connectivity index (χ2n) is 33.8. The molecule has 0 heteroatoms. The van der Waals surface area contributed by atoms with Crippen molar-refractivity contribution in [2.75, 3.05) is 0 Å². The van der Waals surface area contributed by atoms with Crippen LogP contribution < -0.4 is 0 Å². The second-order valence-corrected chi connectivity index (χ2v) is 33.8. The van der Waals surface area contributed by atoms with Gasteiger partial charge in [0.1, 0.15) is 0 Å². The molecule has 0 atom stereocenters. The van der Waals surface area contributed by atoms with Gasteiger partial charge < -0.3 is 0 Å². The van der Waals surface area contributed by atoms with E-state index in [0.717, 1.165) is 150 Å². The van der Waals surface area contributed by atoms with E-state index in [2.05, 4.69) is 546 Å². The number of hydrogen-bond acceptors (Lipinski definition) is 0. The zero-order valence-corrected chi connectivity index (χ0v) is 73.0. The molecule has 0 radical (unpaired) electrons. The topological polar surface area (TPSA) is 0 Å². The monoisotopic (exact) mass is 1670 g/mol. The molecule has 0 nitrogen and oxygen atoms in total. The Hall–Kier alpha value is -17.2. The van der Waals surface area contributed by atoms with Crippen LogP contribution >= 0.6 is 0 Å². The first kappa shape index (κ1) is 80.7. The van der Waals surface area contributed by atoms with E-state index >= 15 is 0 Å². The maximum atomic E-state index is 2.42. The van der Waals surface area contributed by atoms with Crippen molar-refractivity contribution in [1.29, 1.82) is 0 Å². The van der Waals surface area contributed by atoms with E-state index in [4.69, 9.17) is 0 Å². The van der Waals surface area contributed by atoms with Crippen molar-refractivity contribution in [3.63, 3.8) is 0 Å². The molecule has 0 saturated carbocycles. The lowest BCUT2D eigenvalue weighted by atomic mass is 9.74. The standard InChI is InChI=1S/C132H90/c1-16-46-94(47-17-1)115-118(97-52-22-4-23-53-97)124(103-64-34-10-35-65-103)130(125(104-66-36-11-37-67-104)119(115)98-54-24-5-25-55-98)109-82-76-91(77-83-109)112-88-113(92-78-84-110(85-79-92)131-126(105-68-38-12-39-69-105)120(99-56-26-6-27-57-99)116(95-48-18-2-19-49-95)121(100-58-28-7-29-59-100)127(131)106-70-40-13-41-71-106)90-114(89-112)93-80-86-111(87-81-93)132-128(107-72-42-14-43-73-107)122(101-60-30-8-31-61-101)117(96-50-20-3-21-51-96)123(102-62-32-9-33-63-102)129(132)108-74-44-15-45-75-108/h1-90H. The lowest BCUT2D eigenvalue weighted by molar-refractivity contribution is 1.50. The van der Waals surface area contributed by atoms with Crippen molar-refractivity contribution in [3.8, 4) is 234 Å². The zero-order chi connectivity index (χ0) is 87.9. The molecule has 0 aliphatic carbocycles. The predicted molar refractivity (Wildman–Crippen MR) is 561 cm³/mol. The Bertz CT molecular complexity index is 6710. The third-order valence-corrected chi connectivity index (χ3v) is 25.9. The summed E-state index contributed by atoms with van der Waals surface area (Å²) in [6.07, 6.45) is 0. The normalized spacial score (nSPS) is 11.2. The van der Waals surface area contributed by atoms with Crippen LogP contribution in [0.3, 0.4) is 0 Å². The Labute approximate surface area is 774 Å². The van der Waals surface area contributed by atoms with Crippen LogP contribution in [0.4, 0.5) is 0 Å². The van der Waals surface area contributed by atoms with Crippen LogP contribution in [0.25, 0.3) is 234 Å². The maximum absolute atomic E-state index is 2.42. The molecule has 0 saturated heterocycles. The van der Waals surface area contributed by atoms with E-state index in [0.29, 0.717) is 0 Å². The molecule has 0 spiro atoms. The van der Waals surface area contributed by atoms with Gasteiger partial charge in [0, 0.05) is 0 Å². The maximum Gasteiger partial charge on any atom is -0.00139 e. The summed E-state index contributed by atoms with van der Waals surface area (Å²) in [5, 5.41) is 0. The first-order valence-electron chi connectivity index (χ1n) is 45.6. The first-order valence-corrected chi connectivity index (χ1v) is 45.6. The molecular weight excluding hydrogens is 1590 g/mol. The minimum Gasteiger partial charge on any atom is -0.0622 e. The van der Waals surface area contributed by atoms with Crippen LogP contribution in [0.15, 0.2) is 546 Å². The first-order chi connectivity index (χ1) is 65.6. The second kappa shape index (κ2) is 36.7. The van der Waals surface area contributed by atoms with Gasteiger partial charge in [0.25, 0.3) is 0 Å². The van der Waals surface area contributed by atoms with E-state index in [1.807, 2.05) is 0 Å². The van der Waals surface area contributed by atoms with Crippen LogP contribution in [0.5, 0.6) is 0 Å². The molecule has 618 valence electrons. The smallest absolute Gasteiger partial charge is 0.00139 e. The summed E-state index contributed by atoms with van der Waals surface area (Å²) >= 11 is 0. The van der Waals surface area contributed by atoms with Crippen molar-refractivity contribution >= 4 is 0 Å². The summed E-state index contributed by atoms with van der Waals surface area (Å²) in [4.78, 5) is 0. The molecule has 0 aromatic heterocycles. The predicted octanol–water partition coefficient (Wildman–Crippen LogP) is 36.7. The highest BCUT2D eigenvalue weighted by atomic mass is 14.4. The highest BCUT2D eigenvalue weighted by molar-refractivity contribution is 6.19. The Morgan fingerprint density at radius 2 is 0.121 bits per heavy atom. The van der Waals surface area contributed by atoms with Crippen LogP contribution in [-0.4, -0.2) is 0 Å². The fraction of sp³-hybridized carbons (Fsp3) is 0. The largest absolute Gasteiger partial charge is 0.0622 e. The summed E-state index contributed by atoms with van der Waals surface area (Å²) in [5.74, 6) is 0. The zero-order valence-electron chi connectivity index (χ0n) is 73.0. The summed E-state index contributed by atoms with van der Waals surface area (Å²) < 4.78 is 0. The molecular formula is C132H90. The van der Waals surface area contributed by atoms with Crippen LogP contribution in [-0.2, 0) is 0 Å². The number of hydrogen-bond donors (Lipinski definition) is 0. The number of rotatable bonds is 21. The molecule has 22 aromatic rings. The van der Waals surface area contributed by atoms with Gasteiger partial charge in [-0.1, -0.05) is 528 Å². The molecule has 0 aliphatic heterocycles. The Morgan fingerprint density at radius 3 is 0.205 bits per heavy atom. The molecule has 0 aliphatic rings. The van der Waals surface area contributed by atoms with E-state index in [9.17, 15) is 0 Å². The lowest BCUT2D eigenvalue weighted by Crippen LogP contribution is -2.02. The van der Waals surface area contributed by atoms with Crippen molar-refractivity contribution in [2.24, 2.45) is 0 Å². The van der Waals surface area contributed by atoms with Gasteiger partial charge >= 0.3 is 0 Å². The van der Waals surface area contributed by atoms with Gasteiger partial charge in [-0.2, -0.15) is 0 Å². The Balaban J connectivity index is 0.794. The Morgan fingerprint density at radius 1 is 0.0530 bits per heavy atom. The number of benzene rings is 22. The van der Waals surface area contributed by atoms with Gasteiger partial charge in [-0.05, 0) is 252 Å². The van der Waals surface area contributed by atoms with E-state index < -0.39 is 0 Å². The summed E-state index contributed by atoms with van der Waals surface area (Å²) in [7, 11) is 0. The van der Waals surface area contributed by atoms with Gasteiger partial charge in [-0.3, -0.25) is 0 Å². The minimum atomic E-state index is 1.09. The summed E-state index contributed by atoms with van der Waals surface area (Å²) in [5.41, 5.74) is 48.0. The SMILES string of the molecule is c1ccc(-c2c(-c3ccccc3)c(-c3ccccc3)c(-c3ccc(-c4cc(-c5ccc(-c6c(-c7ccccc7)c(-c7ccccc7)c(-c7ccccc7)c(-c7ccccc7)c6-c6ccccc6)cc5)cc(-c5ccc(-c6c(-c7ccccc7)c(-c7ccccc7)c(-c7ccccc7)c(-c7ccccc7)c6-c6ccccc6)cc5)c4)cc3)c(-c3ccccc3)c2-c2ccccc2)cc1. The van der Waals surface area contributed by atoms with Crippen LogP contribution in [0.2, 0.25) is 0 Å². The fourth-order valence-corrected chi connectivity index (χ4v) is 20.1. The van der Waals surface area contributed by atoms with Gasteiger partial charge in [0.15, 0.2) is 0 Å². The van der Waals surface area contributed by atoms with Gasteiger partial charge in [-0.15, -0.1) is 0 Å². The molecule has 0 bridgehead atoms. The summed E-state index contributed by atoms with van der Waals surface area (Å²) in [6, 6.07) is 202. The molecule has 132 heavy (non-hydrogen) atoms. The molecule has 0 unspecified atom stereocenters. The molecule has 0 heterocycles. The van der Waals surface area contributed by atoms with E-state index in [-0.39, 0.29) is 0 Å². The summed E-state index contributed by atoms with van der Waals surface area (Å²) in [6.45, 7) is 0. The van der Waals surface area contributed by atoms with Crippen molar-refractivity contribution in [2.45, 2.75) is 0 Å². The van der Waals surface area contributed by atoms with Gasteiger partial charge in [0.05, 0.1) is 0 Å². The average Bonchev–Trinajstić information content (AvgIpc) is 0.724. The van der Waals surface area contributed by atoms with Gasteiger partial charge in [0.2, 0.25) is 0 Å². The highest BCUT2D eigenvalue weighted by Gasteiger charge is 2.34. The van der Waals surface area contributed by atoms with Crippen LogP contribution in [0, 0.1) is 0 Å². The van der Waals surface area contributed by atoms with Crippen molar-refractivity contribution in [1.82, 2.24) is 0 Å². The van der Waals surface area contributed by atoms with Crippen LogP contribution in [0.1, 0.15) is 0 Å². The Kier molecular flexibility index (Phi) is 22.4. The van der Waals surface area contributed by atoms with Crippen molar-refractivity contribution in [3.05, 3.63) is 546 Å².